The molecule has 0 N–H and O–H groups in total. The van der Waals surface area contributed by atoms with E-state index in [9.17, 15) is 9.59 Å². The van der Waals surface area contributed by atoms with Gasteiger partial charge in [-0.25, -0.2) is 9.79 Å². The molecule has 1 aliphatic rings. The number of nitrogens with zero attached hydrogens (tertiary/aromatic N) is 2. The standard InChI is InChI=1S/C31H25BrCl2N2O5S/c1-4-23-26(30(38)40-3)27(17-8-6-5-7-9-17)36-29(37)25(42-31(36)35-23)13-19-12-20(32)14-24(39-2)28(19)41-16-18-10-11-21(33)15-22(18)34/h5-15,27H,4,16H2,1-3H3/b25-13+/t27-/m1/s1. The average Bonchev–Trinajstić information content (AvgIpc) is 3.30. The van der Waals surface area contributed by atoms with Crippen molar-refractivity contribution in [3.05, 3.63) is 123 Å². The first-order chi connectivity index (χ1) is 20.2. The van der Waals surface area contributed by atoms with Gasteiger partial charge in [-0.2, -0.15) is 0 Å². The number of carbonyl (C=O) groups is 1. The highest BCUT2D eigenvalue weighted by atomic mass is 79.9. The minimum atomic E-state index is -0.688. The number of rotatable bonds is 8. The summed E-state index contributed by atoms with van der Waals surface area (Å²) in [7, 11) is 2.87. The summed E-state index contributed by atoms with van der Waals surface area (Å²) in [6.07, 6.45) is 2.23. The van der Waals surface area contributed by atoms with Gasteiger partial charge in [-0.15, -0.1) is 0 Å². The zero-order valence-corrected chi connectivity index (χ0v) is 26.7. The Hall–Kier alpha value is -3.37. The summed E-state index contributed by atoms with van der Waals surface area (Å²) in [5, 5.41) is 0.999. The number of methoxy groups -OCH3 is 2. The molecular formula is C31H25BrCl2N2O5S. The van der Waals surface area contributed by atoms with E-state index >= 15 is 0 Å². The molecular weight excluding hydrogens is 663 g/mol. The van der Waals surface area contributed by atoms with Crippen molar-refractivity contribution in [3.63, 3.8) is 0 Å². The second-order valence-corrected chi connectivity index (χ2v) is 12.0. The molecule has 7 nitrogen and oxygen atoms in total. The van der Waals surface area contributed by atoms with Gasteiger partial charge in [0.2, 0.25) is 0 Å². The van der Waals surface area contributed by atoms with E-state index in [2.05, 4.69) is 15.9 Å². The number of allylic oxidation sites excluding steroid dienone is 1. The predicted molar refractivity (Wildman–Crippen MR) is 168 cm³/mol. The summed E-state index contributed by atoms with van der Waals surface area (Å²) in [5.74, 6) is 0.380. The van der Waals surface area contributed by atoms with Crippen LogP contribution < -0.4 is 24.4 Å². The molecule has 1 aromatic heterocycles. The highest BCUT2D eigenvalue weighted by molar-refractivity contribution is 9.10. The van der Waals surface area contributed by atoms with Gasteiger partial charge in [-0.1, -0.05) is 93.8 Å². The fraction of sp³-hybridized carbons (Fsp3) is 0.194. The maximum atomic E-state index is 14.1. The Morgan fingerprint density at radius 1 is 1.12 bits per heavy atom. The van der Waals surface area contributed by atoms with Gasteiger partial charge in [0, 0.05) is 25.6 Å². The number of hydrogen-bond acceptors (Lipinski definition) is 7. The Morgan fingerprint density at radius 3 is 2.55 bits per heavy atom. The minimum absolute atomic E-state index is 0.145. The van der Waals surface area contributed by atoms with E-state index in [1.807, 2.05) is 43.3 Å². The molecule has 0 saturated carbocycles. The molecule has 0 radical (unpaired) electrons. The van der Waals surface area contributed by atoms with Crippen LogP contribution in [0.25, 0.3) is 6.08 Å². The second-order valence-electron chi connectivity index (χ2n) is 9.25. The fourth-order valence-corrected chi connectivity index (χ4v) is 6.68. The van der Waals surface area contributed by atoms with Gasteiger partial charge in [-0.3, -0.25) is 9.36 Å². The molecule has 0 unspecified atom stereocenters. The maximum Gasteiger partial charge on any atom is 0.338 e. The first-order valence-corrected chi connectivity index (χ1v) is 15.2. The van der Waals surface area contributed by atoms with E-state index in [1.165, 1.54) is 18.4 Å². The van der Waals surface area contributed by atoms with Gasteiger partial charge in [0.25, 0.3) is 5.56 Å². The van der Waals surface area contributed by atoms with Crippen molar-refractivity contribution < 1.29 is 19.0 Å². The lowest BCUT2D eigenvalue weighted by Crippen LogP contribution is -2.40. The number of hydrogen-bond donors (Lipinski definition) is 0. The largest absolute Gasteiger partial charge is 0.493 e. The number of ether oxygens (including phenoxy) is 3. The van der Waals surface area contributed by atoms with Crippen molar-refractivity contribution >= 4 is 62.5 Å². The molecule has 1 atom stereocenters. The smallest absolute Gasteiger partial charge is 0.338 e. The Bertz CT molecular complexity index is 1890. The van der Waals surface area contributed by atoms with Crippen LogP contribution in [0.3, 0.4) is 0 Å². The van der Waals surface area contributed by atoms with E-state index in [0.29, 0.717) is 54.1 Å². The molecule has 1 aliphatic heterocycles. The molecule has 42 heavy (non-hydrogen) atoms. The molecule has 2 heterocycles. The molecule has 0 fully saturated rings. The topological polar surface area (TPSA) is 79.1 Å². The van der Waals surface area contributed by atoms with Crippen molar-refractivity contribution in [3.8, 4) is 11.5 Å². The van der Waals surface area contributed by atoms with Gasteiger partial charge in [0.1, 0.15) is 6.61 Å². The van der Waals surface area contributed by atoms with Gasteiger partial charge in [0.05, 0.1) is 36.1 Å². The number of aromatic nitrogens is 1. The predicted octanol–water partition coefficient (Wildman–Crippen LogP) is 6.46. The van der Waals surface area contributed by atoms with Crippen LogP contribution in [0.1, 0.15) is 36.1 Å². The molecule has 3 aromatic carbocycles. The van der Waals surface area contributed by atoms with Crippen molar-refractivity contribution in [1.29, 1.82) is 0 Å². The summed E-state index contributed by atoms with van der Waals surface area (Å²) in [4.78, 5) is 32.3. The summed E-state index contributed by atoms with van der Waals surface area (Å²) in [6, 6.07) is 17.5. The van der Waals surface area contributed by atoms with Crippen LogP contribution in [0.15, 0.2) is 86.2 Å². The first kappa shape index (κ1) is 30.1. The third kappa shape index (κ3) is 5.92. The zero-order chi connectivity index (χ0) is 30.0. The van der Waals surface area contributed by atoms with E-state index in [0.717, 1.165) is 15.6 Å². The van der Waals surface area contributed by atoms with E-state index < -0.39 is 12.0 Å². The van der Waals surface area contributed by atoms with Crippen LogP contribution in [0.2, 0.25) is 10.0 Å². The number of benzene rings is 3. The Kier molecular flexibility index (Phi) is 9.22. The van der Waals surface area contributed by atoms with Crippen molar-refractivity contribution in [1.82, 2.24) is 4.57 Å². The molecule has 5 rings (SSSR count). The minimum Gasteiger partial charge on any atom is -0.493 e. The number of fused-ring (bicyclic) bond motifs is 1. The van der Waals surface area contributed by atoms with Crippen molar-refractivity contribution in [2.45, 2.75) is 26.0 Å². The SMILES string of the molecule is CCC1=C(C(=O)OC)[C@@H](c2ccccc2)n2c(s/c(=C/c3cc(Br)cc(OC)c3OCc3ccc(Cl)cc3Cl)c2=O)=N1. The van der Waals surface area contributed by atoms with Gasteiger partial charge in [-0.05, 0) is 42.3 Å². The highest BCUT2D eigenvalue weighted by Crippen LogP contribution is 2.37. The van der Waals surface area contributed by atoms with Crippen LogP contribution in [0.4, 0.5) is 0 Å². The third-order valence-corrected chi connectivity index (χ3v) is 8.74. The van der Waals surface area contributed by atoms with Crippen LogP contribution in [-0.2, 0) is 16.1 Å². The van der Waals surface area contributed by atoms with Gasteiger partial charge < -0.3 is 14.2 Å². The lowest BCUT2D eigenvalue weighted by Gasteiger charge is -2.25. The first-order valence-electron chi connectivity index (χ1n) is 12.9. The molecule has 216 valence electrons. The normalized spacial score (nSPS) is 14.8. The van der Waals surface area contributed by atoms with Crippen molar-refractivity contribution in [2.24, 2.45) is 4.99 Å². The molecule has 0 amide bonds. The zero-order valence-electron chi connectivity index (χ0n) is 22.8. The monoisotopic (exact) mass is 686 g/mol. The Labute approximate surface area is 264 Å². The van der Waals surface area contributed by atoms with Crippen molar-refractivity contribution in [2.75, 3.05) is 14.2 Å². The summed E-state index contributed by atoms with van der Waals surface area (Å²) in [6.45, 7) is 2.06. The van der Waals surface area contributed by atoms with E-state index in [-0.39, 0.29) is 12.2 Å². The van der Waals surface area contributed by atoms with Crippen LogP contribution in [0.5, 0.6) is 11.5 Å². The Morgan fingerprint density at radius 2 is 1.88 bits per heavy atom. The number of thiazole rings is 1. The van der Waals surface area contributed by atoms with E-state index in [1.54, 1.807) is 42.0 Å². The molecule has 0 saturated heterocycles. The number of carbonyl (C=O) groups excluding carboxylic acids is 1. The maximum absolute atomic E-state index is 14.1. The average molecular weight is 688 g/mol. The summed E-state index contributed by atoms with van der Waals surface area (Å²) < 4.78 is 19.7. The lowest BCUT2D eigenvalue weighted by molar-refractivity contribution is -0.136. The number of esters is 1. The van der Waals surface area contributed by atoms with Crippen LogP contribution in [-0.4, -0.2) is 24.8 Å². The third-order valence-electron chi connectivity index (χ3n) is 6.71. The highest BCUT2D eigenvalue weighted by Gasteiger charge is 2.33. The van der Waals surface area contributed by atoms with Crippen LogP contribution >= 0.6 is 50.5 Å². The second kappa shape index (κ2) is 12.9. The quantitative estimate of drug-likeness (QED) is 0.199. The molecule has 0 aliphatic carbocycles. The molecule has 11 heteroatoms. The number of halogens is 3. The fourth-order valence-electron chi connectivity index (χ4n) is 4.75. The van der Waals surface area contributed by atoms with Crippen LogP contribution in [0, 0.1) is 0 Å². The lowest BCUT2D eigenvalue weighted by atomic mass is 9.95. The molecule has 4 aromatic rings. The molecule has 0 spiro atoms. The summed E-state index contributed by atoms with van der Waals surface area (Å²) >= 11 is 17.2. The van der Waals surface area contributed by atoms with E-state index in [4.69, 9.17) is 42.4 Å². The Balaban J connectivity index is 1.68. The van der Waals surface area contributed by atoms with Gasteiger partial charge in [0.15, 0.2) is 16.3 Å². The van der Waals surface area contributed by atoms with Gasteiger partial charge >= 0.3 is 5.97 Å². The summed E-state index contributed by atoms with van der Waals surface area (Å²) in [5.41, 5.74) is 2.75. The molecule has 0 bridgehead atoms.